The van der Waals surface area contributed by atoms with Crippen molar-refractivity contribution in [3.8, 4) is 0 Å². The summed E-state index contributed by atoms with van der Waals surface area (Å²) in [5, 5.41) is 11.2. The lowest BCUT2D eigenvalue weighted by atomic mass is 10.1. The van der Waals surface area contributed by atoms with Gasteiger partial charge in [-0.2, -0.15) is 0 Å². The Labute approximate surface area is 188 Å². The van der Waals surface area contributed by atoms with Gasteiger partial charge in [-0.05, 0) is 48.5 Å². The van der Waals surface area contributed by atoms with Crippen molar-refractivity contribution in [1.82, 2.24) is 4.98 Å². The zero-order valence-electron chi connectivity index (χ0n) is 18.7. The predicted octanol–water partition coefficient (Wildman–Crippen LogP) is 4.45. The smallest absolute Gasteiger partial charge is 0.409 e. The summed E-state index contributed by atoms with van der Waals surface area (Å²) >= 11 is 0. The van der Waals surface area contributed by atoms with Crippen LogP contribution < -0.4 is 9.62 Å². The Bertz CT molecular complexity index is 1120. The van der Waals surface area contributed by atoms with Crippen molar-refractivity contribution < 1.29 is 27.1 Å². The standard InChI is InChI=1S/C21H28FN3O5SSi/c1-21(2,3)32(4,5)30-16-11-18-19(10-15(12-23-18)24-20(26)27)25(13-16)31(28,29)17-8-6-14(22)7-9-17/h6-10,12,16,24H,11,13H2,1-5H3,(H,26,27). The molecule has 2 N–H and O–H groups in total. The van der Waals surface area contributed by atoms with E-state index in [0.29, 0.717) is 12.1 Å². The average molecular weight is 482 g/mol. The molecule has 32 heavy (non-hydrogen) atoms. The molecular formula is C21H28FN3O5SSi. The van der Waals surface area contributed by atoms with Gasteiger partial charge in [0.05, 0.1) is 40.8 Å². The average Bonchev–Trinajstić information content (AvgIpc) is 2.66. The number of aromatic nitrogens is 1. The second kappa shape index (κ2) is 8.45. The van der Waals surface area contributed by atoms with Crippen LogP contribution in [0.5, 0.6) is 0 Å². The maximum Gasteiger partial charge on any atom is 0.409 e. The zero-order valence-corrected chi connectivity index (χ0v) is 20.5. The number of anilines is 2. The van der Waals surface area contributed by atoms with Gasteiger partial charge in [0.1, 0.15) is 5.82 Å². The fourth-order valence-electron chi connectivity index (χ4n) is 3.24. The number of nitrogens with one attached hydrogen (secondary N) is 1. The third kappa shape index (κ3) is 4.94. The second-order valence-electron chi connectivity index (χ2n) is 9.31. The molecule has 2 aromatic rings. The van der Waals surface area contributed by atoms with Crippen LogP contribution in [0.2, 0.25) is 18.1 Å². The van der Waals surface area contributed by atoms with Gasteiger partial charge in [-0.3, -0.25) is 14.6 Å². The highest BCUT2D eigenvalue weighted by Gasteiger charge is 2.42. The SMILES string of the molecule is CC(C)(C)[Si](C)(C)OC1Cc2ncc(NC(=O)O)cc2N(S(=O)(=O)c2ccc(F)cc2)C1. The fraction of sp³-hybridized carbons (Fsp3) is 0.429. The summed E-state index contributed by atoms with van der Waals surface area (Å²) in [4.78, 5) is 15.3. The van der Waals surface area contributed by atoms with E-state index in [9.17, 15) is 17.6 Å². The van der Waals surface area contributed by atoms with Crippen molar-refractivity contribution in [3.63, 3.8) is 0 Å². The predicted molar refractivity (Wildman–Crippen MR) is 123 cm³/mol. The van der Waals surface area contributed by atoms with Gasteiger partial charge in [-0.25, -0.2) is 17.6 Å². The molecule has 11 heteroatoms. The number of amides is 1. The van der Waals surface area contributed by atoms with Crippen molar-refractivity contribution in [1.29, 1.82) is 0 Å². The Morgan fingerprint density at radius 3 is 2.47 bits per heavy atom. The summed E-state index contributed by atoms with van der Waals surface area (Å²) in [6.45, 7) is 10.5. The van der Waals surface area contributed by atoms with Gasteiger partial charge in [0.2, 0.25) is 0 Å². The van der Waals surface area contributed by atoms with Gasteiger partial charge >= 0.3 is 6.09 Å². The highest BCUT2D eigenvalue weighted by molar-refractivity contribution is 7.92. The van der Waals surface area contributed by atoms with Crippen LogP contribution in [0.25, 0.3) is 0 Å². The Morgan fingerprint density at radius 2 is 1.91 bits per heavy atom. The van der Waals surface area contributed by atoms with Crippen molar-refractivity contribution in [3.05, 3.63) is 48.0 Å². The summed E-state index contributed by atoms with van der Waals surface area (Å²) in [5.41, 5.74) is 0.913. The number of hydrogen-bond donors (Lipinski definition) is 2. The van der Waals surface area contributed by atoms with E-state index in [4.69, 9.17) is 9.53 Å². The number of carbonyl (C=O) groups is 1. The number of halogens is 1. The molecule has 0 aliphatic carbocycles. The van der Waals surface area contributed by atoms with E-state index in [1.165, 1.54) is 28.7 Å². The van der Waals surface area contributed by atoms with E-state index in [1.54, 1.807) is 0 Å². The Balaban J connectivity index is 2.06. The molecule has 1 aromatic carbocycles. The van der Waals surface area contributed by atoms with E-state index in [-0.39, 0.29) is 27.9 Å². The van der Waals surface area contributed by atoms with Crippen LogP contribution >= 0.6 is 0 Å². The van der Waals surface area contributed by atoms with Gasteiger partial charge in [0.25, 0.3) is 10.0 Å². The largest absolute Gasteiger partial charge is 0.465 e. The fourth-order valence-corrected chi connectivity index (χ4v) is 6.10. The summed E-state index contributed by atoms with van der Waals surface area (Å²) in [6, 6.07) is 6.02. The number of carboxylic acid groups (broad SMARTS) is 1. The number of rotatable bonds is 5. The van der Waals surface area contributed by atoms with Crippen LogP contribution in [0.1, 0.15) is 26.5 Å². The molecule has 174 valence electrons. The second-order valence-corrected chi connectivity index (χ2v) is 15.9. The van der Waals surface area contributed by atoms with Crippen LogP contribution in [0, 0.1) is 5.82 Å². The number of benzene rings is 1. The summed E-state index contributed by atoms with van der Waals surface area (Å²) in [5.74, 6) is -0.545. The Hall–Kier alpha value is -2.50. The van der Waals surface area contributed by atoms with Crippen LogP contribution in [0.15, 0.2) is 41.4 Å². The highest BCUT2D eigenvalue weighted by Crippen LogP contribution is 2.40. The van der Waals surface area contributed by atoms with Crippen molar-refractivity contribution in [2.75, 3.05) is 16.2 Å². The number of pyridine rings is 1. The molecule has 8 nitrogen and oxygen atoms in total. The first-order valence-electron chi connectivity index (χ1n) is 10.2. The number of nitrogens with zero attached hydrogens (tertiary/aromatic N) is 2. The molecule has 0 radical (unpaired) electrons. The zero-order chi connectivity index (χ0) is 23.9. The van der Waals surface area contributed by atoms with Gasteiger partial charge in [0.15, 0.2) is 8.32 Å². The lowest BCUT2D eigenvalue weighted by Crippen LogP contribution is -2.51. The molecule has 1 unspecified atom stereocenters. The lowest BCUT2D eigenvalue weighted by molar-refractivity contribution is 0.183. The molecule has 0 bridgehead atoms. The summed E-state index contributed by atoms with van der Waals surface area (Å²) in [6.07, 6.45) is 0.0358. The third-order valence-electron chi connectivity index (χ3n) is 5.93. The molecule has 0 saturated heterocycles. The molecule has 1 amide bonds. The molecule has 0 saturated carbocycles. The number of fused-ring (bicyclic) bond motifs is 1. The van der Waals surface area contributed by atoms with Gasteiger partial charge in [-0.1, -0.05) is 20.8 Å². The topological polar surface area (TPSA) is 109 Å². The molecule has 2 heterocycles. The number of sulfonamides is 1. The van der Waals surface area contributed by atoms with Crippen LogP contribution in [0.3, 0.4) is 0 Å². The minimum Gasteiger partial charge on any atom is -0.465 e. The molecule has 3 rings (SSSR count). The van der Waals surface area contributed by atoms with E-state index in [2.05, 4.69) is 44.2 Å². The molecule has 1 atom stereocenters. The number of hydrogen-bond acceptors (Lipinski definition) is 5. The molecule has 0 spiro atoms. The van der Waals surface area contributed by atoms with Gasteiger partial charge in [0, 0.05) is 6.42 Å². The summed E-state index contributed by atoms with van der Waals surface area (Å²) < 4.78 is 48.1. The monoisotopic (exact) mass is 481 g/mol. The Kier molecular flexibility index (Phi) is 6.38. The van der Waals surface area contributed by atoms with Crippen LogP contribution in [0.4, 0.5) is 20.6 Å². The maximum absolute atomic E-state index is 13.5. The molecule has 1 aromatic heterocycles. The first kappa shape index (κ1) is 24.1. The Morgan fingerprint density at radius 1 is 1.28 bits per heavy atom. The highest BCUT2D eigenvalue weighted by atomic mass is 32.2. The molecule has 0 fully saturated rings. The minimum absolute atomic E-state index is 0.0391. The van der Waals surface area contributed by atoms with E-state index in [1.807, 2.05) is 0 Å². The molecular weight excluding hydrogens is 453 g/mol. The van der Waals surface area contributed by atoms with E-state index in [0.717, 1.165) is 12.1 Å². The first-order chi connectivity index (χ1) is 14.7. The van der Waals surface area contributed by atoms with Crippen molar-refractivity contribution in [2.45, 2.75) is 56.3 Å². The third-order valence-corrected chi connectivity index (χ3v) is 12.3. The normalized spacial score (nSPS) is 17.1. The van der Waals surface area contributed by atoms with Gasteiger partial charge < -0.3 is 9.53 Å². The quantitative estimate of drug-likeness (QED) is 0.611. The molecule has 1 aliphatic rings. The maximum atomic E-state index is 13.5. The first-order valence-corrected chi connectivity index (χ1v) is 14.5. The molecule has 1 aliphatic heterocycles. The van der Waals surface area contributed by atoms with Crippen molar-refractivity contribution in [2.24, 2.45) is 0 Å². The van der Waals surface area contributed by atoms with Crippen LogP contribution in [-0.4, -0.2) is 45.6 Å². The van der Waals surface area contributed by atoms with E-state index >= 15 is 0 Å². The van der Waals surface area contributed by atoms with Crippen LogP contribution in [-0.2, 0) is 20.9 Å². The van der Waals surface area contributed by atoms with Gasteiger partial charge in [-0.15, -0.1) is 0 Å². The lowest BCUT2D eigenvalue weighted by Gasteiger charge is -2.42. The van der Waals surface area contributed by atoms with E-state index < -0.39 is 36.4 Å². The van der Waals surface area contributed by atoms with Crippen molar-refractivity contribution >= 4 is 35.8 Å². The summed E-state index contributed by atoms with van der Waals surface area (Å²) in [7, 11) is -6.29. The minimum atomic E-state index is -4.07.